The van der Waals surface area contributed by atoms with Gasteiger partial charge in [0.15, 0.2) is 0 Å². The molecule has 1 aliphatic rings. The first-order valence-corrected chi connectivity index (χ1v) is 6.27. The van der Waals surface area contributed by atoms with Gasteiger partial charge in [0.25, 0.3) is 0 Å². The van der Waals surface area contributed by atoms with Crippen molar-refractivity contribution in [2.45, 2.75) is 18.9 Å². The van der Waals surface area contributed by atoms with Crippen molar-refractivity contribution < 1.29 is 13.1 Å². The van der Waals surface area contributed by atoms with Crippen LogP contribution in [0.25, 0.3) is 5.32 Å². The van der Waals surface area contributed by atoms with Crippen LogP contribution >= 0.6 is 20.2 Å². The summed E-state index contributed by atoms with van der Waals surface area (Å²) in [4.78, 5) is 0. The van der Waals surface area contributed by atoms with Crippen molar-refractivity contribution in [1.82, 2.24) is 0 Å². The molecule has 12 heavy (non-hydrogen) atoms. The van der Waals surface area contributed by atoms with Crippen molar-refractivity contribution in [3.63, 3.8) is 0 Å². The topological polar surface area (TPSA) is 40.1 Å². The van der Waals surface area contributed by atoms with E-state index in [-0.39, 0.29) is 0 Å². The Morgan fingerprint density at radius 1 is 1.50 bits per heavy atom. The molecular formula is C7H13Cl2CuN2-. The Balaban J connectivity index is 0.000000354. The van der Waals surface area contributed by atoms with E-state index in [1.807, 2.05) is 0 Å². The summed E-state index contributed by atoms with van der Waals surface area (Å²) in [7, 11) is 9.34. The predicted molar refractivity (Wildman–Crippen MR) is 51.1 cm³/mol. The molecular weight excluding hydrogens is 247 g/mol. The Morgan fingerprint density at radius 2 is 2.17 bits per heavy atom. The van der Waals surface area contributed by atoms with Gasteiger partial charge >= 0.3 is 33.3 Å². The van der Waals surface area contributed by atoms with Gasteiger partial charge in [-0.25, -0.2) is 0 Å². The summed E-state index contributed by atoms with van der Waals surface area (Å²) >= 11 is 0.757. The Morgan fingerprint density at radius 3 is 2.58 bits per heavy atom. The fourth-order valence-electron chi connectivity index (χ4n) is 1.01. The average molecular weight is 260 g/mol. The van der Waals surface area contributed by atoms with E-state index in [0.717, 1.165) is 39.1 Å². The summed E-state index contributed by atoms with van der Waals surface area (Å²) in [6.07, 6.45) is 6.43. The van der Waals surface area contributed by atoms with E-state index in [9.17, 15) is 0 Å². The van der Waals surface area contributed by atoms with Crippen LogP contribution in [0.2, 0.25) is 0 Å². The Bertz CT molecular complexity index is 122. The summed E-state index contributed by atoms with van der Waals surface area (Å²) in [5.74, 6) is 0. The Labute approximate surface area is 88.5 Å². The van der Waals surface area contributed by atoms with Crippen LogP contribution in [-0.2, 0) is 13.1 Å². The number of halogens is 2. The van der Waals surface area contributed by atoms with E-state index < -0.39 is 0 Å². The van der Waals surface area contributed by atoms with Crippen molar-refractivity contribution in [1.29, 1.82) is 0 Å². The minimum atomic E-state index is 0.514. The summed E-state index contributed by atoms with van der Waals surface area (Å²) < 4.78 is 0. The normalized spacial score (nSPS) is 21.8. The summed E-state index contributed by atoms with van der Waals surface area (Å²) in [6.45, 7) is 1.66. The van der Waals surface area contributed by atoms with Gasteiger partial charge in [0.2, 0.25) is 0 Å². The van der Waals surface area contributed by atoms with Crippen LogP contribution in [0.15, 0.2) is 12.2 Å². The molecule has 0 saturated carbocycles. The molecule has 0 saturated heterocycles. The number of nitrogens with zero attached hydrogens (tertiary/aromatic N) is 1. The summed E-state index contributed by atoms with van der Waals surface area (Å²) in [5, 5.41) is 4.35. The predicted octanol–water partition coefficient (Wildman–Crippen LogP) is 2.41. The van der Waals surface area contributed by atoms with Crippen LogP contribution < -0.4 is 5.73 Å². The van der Waals surface area contributed by atoms with Crippen molar-refractivity contribution in [2.75, 3.05) is 13.1 Å². The van der Waals surface area contributed by atoms with E-state index in [1.165, 1.54) is 0 Å². The molecule has 77 valence electrons. The molecule has 1 aliphatic heterocycles. The zero-order valence-corrected chi connectivity index (χ0v) is 9.10. The molecule has 2 N–H and O–H groups in total. The molecule has 0 aliphatic carbocycles. The molecule has 0 aromatic rings. The Kier molecular flexibility index (Phi) is 10.5. The molecule has 1 unspecified atom stereocenters. The van der Waals surface area contributed by atoms with Crippen LogP contribution in [0, 0.1) is 0 Å². The van der Waals surface area contributed by atoms with Gasteiger partial charge in [0.1, 0.15) is 0 Å². The van der Waals surface area contributed by atoms with Crippen LogP contribution in [-0.4, -0.2) is 19.1 Å². The maximum atomic E-state index is 5.38. The molecule has 0 spiro atoms. The van der Waals surface area contributed by atoms with Crippen LogP contribution in [0.3, 0.4) is 0 Å². The van der Waals surface area contributed by atoms with Crippen LogP contribution in [0.4, 0.5) is 0 Å². The zero-order chi connectivity index (χ0) is 9.23. The van der Waals surface area contributed by atoms with Crippen molar-refractivity contribution in [2.24, 2.45) is 5.73 Å². The Hall–Kier alpha value is 0.759. The molecule has 1 rings (SSSR count). The van der Waals surface area contributed by atoms with Crippen molar-refractivity contribution in [3.05, 3.63) is 17.5 Å². The van der Waals surface area contributed by atoms with Crippen LogP contribution in [0.5, 0.6) is 0 Å². The van der Waals surface area contributed by atoms with E-state index in [0.29, 0.717) is 6.04 Å². The molecule has 5 heteroatoms. The monoisotopic (exact) mass is 258 g/mol. The third-order valence-electron chi connectivity index (χ3n) is 1.54. The van der Waals surface area contributed by atoms with Gasteiger partial charge in [-0.15, -0.1) is 18.7 Å². The molecule has 0 bridgehead atoms. The number of hydrogen-bond acceptors (Lipinski definition) is 1. The second kappa shape index (κ2) is 9.84. The van der Waals surface area contributed by atoms with Gasteiger partial charge in [0, 0.05) is 0 Å². The van der Waals surface area contributed by atoms with Gasteiger partial charge in [-0.1, -0.05) is 18.9 Å². The van der Waals surface area contributed by atoms with E-state index in [4.69, 9.17) is 5.73 Å². The first kappa shape index (κ1) is 12.8. The summed E-state index contributed by atoms with van der Waals surface area (Å²) in [6, 6.07) is 0.514. The van der Waals surface area contributed by atoms with Gasteiger partial charge < -0.3 is 11.1 Å². The molecule has 0 fully saturated rings. The second-order valence-corrected chi connectivity index (χ2v) is 3.90. The van der Waals surface area contributed by atoms with Gasteiger partial charge in [-0.2, -0.15) is 0 Å². The summed E-state index contributed by atoms with van der Waals surface area (Å²) in [5.41, 5.74) is 5.38. The molecule has 2 nitrogen and oxygen atoms in total. The molecule has 0 aromatic carbocycles. The third-order valence-corrected chi connectivity index (χ3v) is 1.54. The molecule has 0 aromatic heterocycles. The van der Waals surface area contributed by atoms with Crippen molar-refractivity contribution in [3.8, 4) is 0 Å². The number of nitrogens with two attached hydrogens (primary N) is 1. The SMILES string of the molecule is NCCC1CC=CC[N-]1.[Cl][Cu][Cl]. The molecule has 1 heterocycles. The van der Waals surface area contributed by atoms with Crippen molar-refractivity contribution >= 4 is 20.2 Å². The van der Waals surface area contributed by atoms with E-state index in [2.05, 4.69) is 37.7 Å². The first-order chi connectivity index (χ1) is 5.85. The average Bonchev–Trinajstić information content (AvgIpc) is 2.08. The van der Waals surface area contributed by atoms with Gasteiger partial charge in [-0.3, -0.25) is 0 Å². The first-order valence-electron chi connectivity index (χ1n) is 3.68. The zero-order valence-electron chi connectivity index (χ0n) is 6.64. The van der Waals surface area contributed by atoms with Gasteiger partial charge in [-0.05, 0) is 6.54 Å². The molecule has 1 atom stereocenters. The minimum absolute atomic E-state index is 0.514. The number of hydrogen-bond donors (Lipinski definition) is 1. The number of rotatable bonds is 2. The third kappa shape index (κ3) is 7.41. The van der Waals surface area contributed by atoms with Gasteiger partial charge in [0.05, 0.1) is 0 Å². The standard InChI is InChI=1S/C7H13N2.2ClH.Cu/c8-5-4-7-3-1-2-6-9-7;;;/h1-2,7H,3-6,8H2;2*1H;/q-1;;;+2/p-2. The fraction of sp³-hybridized carbons (Fsp3) is 0.714. The quantitative estimate of drug-likeness (QED) is 0.600. The van der Waals surface area contributed by atoms with E-state index in [1.54, 1.807) is 0 Å². The molecule has 0 amide bonds. The molecule has 0 radical (unpaired) electrons. The van der Waals surface area contributed by atoms with E-state index >= 15 is 0 Å². The van der Waals surface area contributed by atoms with Crippen LogP contribution in [0.1, 0.15) is 12.8 Å². The maximum absolute atomic E-state index is 5.38. The fourth-order valence-corrected chi connectivity index (χ4v) is 1.01. The second-order valence-electron chi connectivity index (χ2n) is 2.35.